The molecule has 6 nitrogen and oxygen atoms in total. The van der Waals surface area contributed by atoms with E-state index in [1.807, 2.05) is 0 Å². The molecule has 0 aliphatic rings. The Labute approximate surface area is 119 Å². The first-order valence-electron chi connectivity index (χ1n) is 6.76. The van der Waals surface area contributed by atoms with Crippen molar-refractivity contribution < 1.29 is 14.8 Å². The van der Waals surface area contributed by atoms with Crippen molar-refractivity contribution in [3.63, 3.8) is 0 Å². The largest absolute Gasteiger partial charge is 0.496 e. The molecule has 0 heterocycles. The molecule has 1 aromatic rings. The van der Waals surface area contributed by atoms with Crippen LogP contribution in [0, 0.1) is 10.1 Å². The van der Waals surface area contributed by atoms with Crippen LogP contribution < -0.4 is 4.74 Å². The van der Waals surface area contributed by atoms with Crippen LogP contribution in [0.1, 0.15) is 25.3 Å². The van der Waals surface area contributed by atoms with E-state index in [1.54, 1.807) is 12.1 Å². The van der Waals surface area contributed by atoms with E-state index in [0.717, 1.165) is 24.9 Å². The number of methoxy groups -OCH3 is 1. The smallest absolute Gasteiger partial charge is 0.273 e. The molecule has 0 unspecified atom stereocenters. The maximum atomic E-state index is 10.9. The van der Waals surface area contributed by atoms with E-state index in [9.17, 15) is 10.1 Å². The minimum absolute atomic E-state index is 0.0267. The molecule has 6 heteroatoms. The third-order valence-corrected chi connectivity index (χ3v) is 3.05. The fraction of sp³-hybridized carbons (Fsp3) is 0.571. The Morgan fingerprint density at radius 2 is 2.10 bits per heavy atom. The number of aliphatic hydroxyl groups is 1. The third kappa shape index (κ3) is 5.14. The lowest BCUT2D eigenvalue weighted by molar-refractivity contribution is -0.385. The van der Waals surface area contributed by atoms with Crippen LogP contribution in [0.15, 0.2) is 18.2 Å². The third-order valence-electron chi connectivity index (χ3n) is 3.05. The second-order valence-electron chi connectivity index (χ2n) is 4.65. The first-order chi connectivity index (χ1) is 9.60. The average molecular weight is 282 g/mol. The van der Waals surface area contributed by atoms with E-state index in [0.29, 0.717) is 18.8 Å². The number of nitro groups is 1. The summed E-state index contributed by atoms with van der Waals surface area (Å²) in [5, 5.41) is 20.0. The molecule has 0 amide bonds. The standard InChI is InChI=1S/C14H22N2O4/c1-3-4-5-15(6-7-17)11-12-8-13(16(18)19)10-14(9-12)20-2/h8-10,17H,3-7,11H2,1-2H3. The van der Waals surface area contributed by atoms with Gasteiger partial charge < -0.3 is 9.84 Å². The molecule has 1 rings (SSSR count). The molecule has 0 fully saturated rings. The van der Waals surface area contributed by atoms with Crippen LogP contribution in [0.2, 0.25) is 0 Å². The van der Waals surface area contributed by atoms with E-state index < -0.39 is 4.92 Å². The Morgan fingerprint density at radius 1 is 1.35 bits per heavy atom. The number of hydrogen-bond donors (Lipinski definition) is 1. The van der Waals surface area contributed by atoms with E-state index >= 15 is 0 Å². The first kappa shape index (κ1) is 16.4. The lowest BCUT2D eigenvalue weighted by Gasteiger charge is -2.21. The minimum Gasteiger partial charge on any atom is -0.496 e. The lowest BCUT2D eigenvalue weighted by atomic mass is 10.1. The Kier molecular flexibility index (Phi) is 6.97. The van der Waals surface area contributed by atoms with Crippen LogP contribution >= 0.6 is 0 Å². The topological polar surface area (TPSA) is 75.8 Å². The highest BCUT2D eigenvalue weighted by Gasteiger charge is 2.12. The van der Waals surface area contributed by atoms with Gasteiger partial charge in [0.15, 0.2) is 0 Å². The SMILES string of the molecule is CCCCN(CCO)Cc1cc(OC)cc([N+](=O)[O-])c1. The van der Waals surface area contributed by atoms with Gasteiger partial charge in [-0.05, 0) is 24.6 Å². The zero-order valence-corrected chi connectivity index (χ0v) is 12.0. The zero-order valence-electron chi connectivity index (χ0n) is 12.0. The number of hydrogen-bond acceptors (Lipinski definition) is 5. The summed E-state index contributed by atoms with van der Waals surface area (Å²) in [5.74, 6) is 0.480. The van der Waals surface area contributed by atoms with Gasteiger partial charge in [0.25, 0.3) is 5.69 Å². The van der Waals surface area contributed by atoms with Crippen LogP contribution in [0.5, 0.6) is 5.75 Å². The molecule has 1 aromatic carbocycles. The van der Waals surface area contributed by atoms with E-state index in [-0.39, 0.29) is 12.3 Å². The van der Waals surface area contributed by atoms with Crippen LogP contribution in [0.4, 0.5) is 5.69 Å². The van der Waals surface area contributed by atoms with Gasteiger partial charge >= 0.3 is 0 Å². The second-order valence-corrected chi connectivity index (χ2v) is 4.65. The number of nitro benzene ring substituents is 1. The molecular weight excluding hydrogens is 260 g/mol. The number of rotatable bonds is 9. The van der Waals surface area contributed by atoms with Gasteiger partial charge in [-0.1, -0.05) is 13.3 Å². The summed E-state index contributed by atoms with van der Waals surface area (Å²) in [7, 11) is 1.49. The number of nitrogens with zero attached hydrogens (tertiary/aromatic N) is 2. The van der Waals surface area contributed by atoms with E-state index in [2.05, 4.69) is 11.8 Å². The molecule has 0 atom stereocenters. The summed E-state index contributed by atoms with van der Waals surface area (Å²) in [5.41, 5.74) is 0.847. The minimum atomic E-state index is -0.422. The summed E-state index contributed by atoms with van der Waals surface area (Å²) >= 11 is 0. The highest BCUT2D eigenvalue weighted by molar-refractivity contribution is 5.42. The predicted octanol–water partition coefficient (Wildman–Crippen LogP) is 2.20. The zero-order chi connectivity index (χ0) is 15.0. The van der Waals surface area contributed by atoms with Gasteiger partial charge in [-0.2, -0.15) is 0 Å². The molecule has 0 spiro atoms. The Bertz CT molecular complexity index is 437. The van der Waals surface area contributed by atoms with Gasteiger partial charge in [0, 0.05) is 19.2 Å². The van der Waals surface area contributed by atoms with Gasteiger partial charge in [0.1, 0.15) is 5.75 Å². The van der Waals surface area contributed by atoms with Crippen LogP contribution in [0.25, 0.3) is 0 Å². The maximum Gasteiger partial charge on any atom is 0.273 e. The van der Waals surface area contributed by atoms with Crippen molar-refractivity contribution in [3.05, 3.63) is 33.9 Å². The molecular formula is C14H22N2O4. The van der Waals surface area contributed by atoms with Crippen LogP contribution in [-0.2, 0) is 6.54 Å². The second kappa shape index (κ2) is 8.50. The highest BCUT2D eigenvalue weighted by atomic mass is 16.6. The first-order valence-corrected chi connectivity index (χ1v) is 6.76. The number of ether oxygens (including phenoxy) is 1. The normalized spacial score (nSPS) is 10.8. The Morgan fingerprint density at radius 3 is 2.65 bits per heavy atom. The molecule has 0 saturated heterocycles. The van der Waals surface area contributed by atoms with E-state index in [4.69, 9.17) is 9.84 Å². The van der Waals surface area contributed by atoms with Gasteiger partial charge in [-0.3, -0.25) is 15.0 Å². The van der Waals surface area contributed by atoms with Gasteiger partial charge in [-0.15, -0.1) is 0 Å². The van der Waals surface area contributed by atoms with Crippen molar-refractivity contribution >= 4 is 5.69 Å². The maximum absolute atomic E-state index is 10.9. The molecule has 1 N–H and O–H groups in total. The monoisotopic (exact) mass is 282 g/mol. The Balaban J connectivity index is 2.87. The van der Waals surface area contributed by atoms with Crippen molar-refractivity contribution in [3.8, 4) is 5.75 Å². The molecule has 112 valence electrons. The highest BCUT2D eigenvalue weighted by Crippen LogP contribution is 2.23. The fourth-order valence-electron chi connectivity index (χ4n) is 2.01. The molecule has 0 aromatic heterocycles. The predicted molar refractivity (Wildman–Crippen MR) is 76.9 cm³/mol. The molecule has 0 aliphatic heterocycles. The van der Waals surface area contributed by atoms with E-state index in [1.165, 1.54) is 13.2 Å². The van der Waals surface area contributed by atoms with Gasteiger partial charge in [0.05, 0.1) is 24.7 Å². The number of benzene rings is 1. The van der Waals surface area contributed by atoms with Crippen molar-refractivity contribution in [2.75, 3.05) is 26.8 Å². The van der Waals surface area contributed by atoms with Gasteiger partial charge in [-0.25, -0.2) is 0 Å². The average Bonchev–Trinajstić information content (AvgIpc) is 2.44. The molecule has 0 aliphatic carbocycles. The van der Waals surface area contributed by atoms with Crippen molar-refractivity contribution in [1.82, 2.24) is 4.90 Å². The van der Waals surface area contributed by atoms with Gasteiger partial charge in [0.2, 0.25) is 0 Å². The van der Waals surface area contributed by atoms with Crippen molar-refractivity contribution in [1.29, 1.82) is 0 Å². The van der Waals surface area contributed by atoms with Crippen LogP contribution in [-0.4, -0.2) is 41.7 Å². The van der Waals surface area contributed by atoms with Crippen molar-refractivity contribution in [2.45, 2.75) is 26.3 Å². The number of non-ortho nitro benzene ring substituents is 1. The molecule has 20 heavy (non-hydrogen) atoms. The summed E-state index contributed by atoms with van der Waals surface area (Å²) in [6.45, 7) is 4.18. The van der Waals surface area contributed by atoms with Crippen LogP contribution in [0.3, 0.4) is 0 Å². The number of unbranched alkanes of at least 4 members (excludes halogenated alkanes) is 1. The molecule has 0 radical (unpaired) electrons. The number of aliphatic hydroxyl groups excluding tert-OH is 1. The quantitative estimate of drug-likeness (QED) is 0.555. The summed E-state index contributed by atoms with van der Waals surface area (Å²) in [6, 6.07) is 4.76. The summed E-state index contributed by atoms with van der Waals surface area (Å²) in [4.78, 5) is 12.6. The summed E-state index contributed by atoms with van der Waals surface area (Å²) < 4.78 is 5.10. The lowest BCUT2D eigenvalue weighted by Crippen LogP contribution is -2.27. The Hall–Kier alpha value is -1.66. The van der Waals surface area contributed by atoms with Crippen molar-refractivity contribution in [2.24, 2.45) is 0 Å². The fourth-order valence-corrected chi connectivity index (χ4v) is 2.01. The summed E-state index contributed by atoms with van der Waals surface area (Å²) in [6.07, 6.45) is 2.10. The molecule has 0 saturated carbocycles. The molecule has 0 bridgehead atoms.